The number of carbonyl (C=O) groups excluding carboxylic acids is 1. The number of rotatable bonds is 3. The zero-order chi connectivity index (χ0) is 15.5. The Morgan fingerprint density at radius 1 is 1.18 bits per heavy atom. The summed E-state index contributed by atoms with van der Waals surface area (Å²) in [5.41, 5.74) is 0.841. The van der Waals surface area contributed by atoms with Crippen LogP contribution in [0.4, 0.5) is 4.39 Å². The number of aromatic nitrogens is 2. The van der Waals surface area contributed by atoms with Crippen LogP contribution in [-0.4, -0.2) is 33.4 Å². The van der Waals surface area contributed by atoms with E-state index in [1.54, 1.807) is 17.0 Å². The van der Waals surface area contributed by atoms with Crippen LogP contribution in [0.25, 0.3) is 11.3 Å². The van der Waals surface area contributed by atoms with E-state index in [9.17, 15) is 14.0 Å². The van der Waals surface area contributed by atoms with E-state index >= 15 is 0 Å². The summed E-state index contributed by atoms with van der Waals surface area (Å²) in [7, 11) is 0. The number of halogens is 1. The number of hydrogen-bond acceptors (Lipinski definition) is 3. The summed E-state index contributed by atoms with van der Waals surface area (Å²) in [6.45, 7) is 1.53. The SMILES string of the molecule is O=C(Cn1cnc(-c2ccc(F)cc2)cc1=O)N1CCCC1. The van der Waals surface area contributed by atoms with E-state index in [2.05, 4.69) is 4.98 Å². The zero-order valence-corrected chi connectivity index (χ0v) is 12.0. The molecule has 1 saturated heterocycles. The molecule has 0 atom stereocenters. The smallest absolute Gasteiger partial charge is 0.254 e. The molecule has 1 amide bonds. The largest absolute Gasteiger partial charge is 0.341 e. The minimum atomic E-state index is -0.340. The van der Waals surface area contributed by atoms with Crippen LogP contribution in [-0.2, 0) is 11.3 Å². The maximum atomic E-state index is 12.9. The lowest BCUT2D eigenvalue weighted by molar-refractivity contribution is -0.130. The highest BCUT2D eigenvalue weighted by molar-refractivity contribution is 5.76. The molecular formula is C16H16FN3O2. The van der Waals surface area contributed by atoms with Gasteiger partial charge >= 0.3 is 0 Å². The van der Waals surface area contributed by atoms with Crippen molar-refractivity contribution in [1.82, 2.24) is 14.5 Å². The molecule has 6 heteroatoms. The number of likely N-dealkylation sites (tertiary alicyclic amines) is 1. The first-order valence-electron chi connectivity index (χ1n) is 7.24. The number of hydrogen-bond donors (Lipinski definition) is 0. The third-order valence-electron chi connectivity index (χ3n) is 3.78. The maximum Gasteiger partial charge on any atom is 0.254 e. The molecule has 0 spiro atoms. The molecule has 0 radical (unpaired) electrons. The van der Waals surface area contributed by atoms with Crippen LogP contribution in [0.2, 0.25) is 0 Å². The van der Waals surface area contributed by atoms with Crippen LogP contribution < -0.4 is 5.56 Å². The Kier molecular flexibility index (Phi) is 4.00. The highest BCUT2D eigenvalue weighted by Gasteiger charge is 2.18. The molecule has 0 aliphatic carbocycles. The molecule has 3 rings (SSSR count). The summed E-state index contributed by atoms with van der Waals surface area (Å²) in [6, 6.07) is 7.14. The number of amides is 1. The summed E-state index contributed by atoms with van der Waals surface area (Å²) >= 11 is 0. The molecule has 2 heterocycles. The minimum Gasteiger partial charge on any atom is -0.341 e. The van der Waals surface area contributed by atoms with Crippen molar-refractivity contribution in [3.63, 3.8) is 0 Å². The Morgan fingerprint density at radius 2 is 1.86 bits per heavy atom. The fourth-order valence-electron chi connectivity index (χ4n) is 2.54. The molecule has 1 aromatic heterocycles. The maximum absolute atomic E-state index is 12.9. The van der Waals surface area contributed by atoms with Gasteiger partial charge in [-0.3, -0.25) is 14.2 Å². The lowest BCUT2D eigenvalue weighted by Gasteiger charge is -2.15. The van der Waals surface area contributed by atoms with Gasteiger partial charge in [0, 0.05) is 24.7 Å². The zero-order valence-electron chi connectivity index (χ0n) is 12.0. The molecule has 0 saturated carbocycles. The molecule has 114 valence electrons. The molecule has 0 unspecified atom stereocenters. The number of carbonyl (C=O) groups is 1. The van der Waals surface area contributed by atoms with E-state index in [1.807, 2.05) is 0 Å². The summed E-state index contributed by atoms with van der Waals surface area (Å²) in [4.78, 5) is 30.1. The Morgan fingerprint density at radius 3 is 2.50 bits per heavy atom. The molecule has 1 aliphatic heterocycles. The Balaban J connectivity index is 1.78. The number of nitrogens with zero attached hydrogens (tertiary/aromatic N) is 3. The van der Waals surface area contributed by atoms with Gasteiger partial charge in [0.1, 0.15) is 12.4 Å². The summed E-state index contributed by atoms with van der Waals surface area (Å²) in [5.74, 6) is -0.399. The molecule has 0 N–H and O–H groups in total. The quantitative estimate of drug-likeness (QED) is 0.866. The van der Waals surface area contributed by atoms with Crippen LogP contribution in [0.1, 0.15) is 12.8 Å². The van der Waals surface area contributed by atoms with Crippen LogP contribution in [0, 0.1) is 5.82 Å². The summed E-state index contributed by atoms with van der Waals surface area (Å²) < 4.78 is 14.2. The molecule has 1 aliphatic rings. The first-order chi connectivity index (χ1) is 10.6. The summed E-state index contributed by atoms with van der Waals surface area (Å²) in [5, 5.41) is 0. The van der Waals surface area contributed by atoms with Gasteiger partial charge in [-0.05, 0) is 37.1 Å². The first kappa shape index (κ1) is 14.4. The highest BCUT2D eigenvalue weighted by Crippen LogP contribution is 2.15. The standard InChI is InChI=1S/C16H16FN3O2/c17-13-5-3-12(4-6-13)14-9-15(21)20(11-18-14)10-16(22)19-7-1-2-8-19/h3-6,9,11H,1-2,7-8,10H2. The summed E-state index contributed by atoms with van der Waals surface area (Å²) in [6.07, 6.45) is 3.40. The second-order valence-corrected chi connectivity index (χ2v) is 5.34. The second kappa shape index (κ2) is 6.09. The molecule has 2 aromatic rings. The van der Waals surface area contributed by atoms with Crippen molar-refractivity contribution in [2.45, 2.75) is 19.4 Å². The van der Waals surface area contributed by atoms with Gasteiger partial charge in [-0.2, -0.15) is 0 Å². The van der Waals surface area contributed by atoms with Crippen LogP contribution in [0.5, 0.6) is 0 Å². The topological polar surface area (TPSA) is 55.2 Å². The Hall–Kier alpha value is -2.50. The van der Waals surface area contributed by atoms with E-state index in [0.29, 0.717) is 11.3 Å². The Bertz CT molecular complexity index is 734. The normalized spacial score (nSPS) is 14.3. The van der Waals surface area contributed by atoms with E-state index < -0.39 is 0 Å². The van der Waals surface area contributed by atoms with Crippen molar-refractivity contribution in [1.29, 1.82) is 0 Å². The van der Waals surface area contributed by atoms with E-state index in [1.165, 1.54) is 29.1 Å². The first-order valence-corrected chi connectivity index (χ1v) is 7.24. The van der Waals surface area contributed by atoms with Crippen molar-refractivity contribution < 1.29 is 9.18 Å². The van der Waals surface area contributed by atoms with Gasteiger partial charge in [-0.25, -0.2) is 9.37 Å². The van der Waals surface area contributed by atoms with Crippen molar-refractivity contribution in [2.24, 2.45) is 0 Å². The number of benzene rings is 1. The molecule has 0 bridgehead atoms. The molecule has 22 heavy (non-hydrogen) atoms. The third-order valence-corrected chi connectivity index (χ3v) is 3.78. The molecule has 1 aromatic carbocycles. The van der Waals surface area contributed by atoms with Crippen molar-refractivity contribution in [3.8, 4) is 11.3 Å². The molecule has 5 nitrogen and oxygen atoms in total. The van der Waals surface area contributed by atoms with Gasteiger partial charge < -0.3 is 4.90 Å². The monoisotopic (exact) mass is 301 g/mol. The van der Waals surface area contributed by atoms with Crippen molar-refractivity contribution in [2.75, 3.05) is 13.1 Å². The van der Waals surface area contributed by atoms with E-state index in [0.717, 1.165) is 25.9 Å². The second-order valence-electron chi connectivity index (χ2n) is 5.34. The lowest BCUT2D eigenvalue weighted by Crippen LogP contribution is -2.34. The minimum absolute atomic E-state index is 0.00946. The lowest BCUT2D eigenvalue weighted by atomic mass is 10.1. The molecule has 1 fully saturated rings. The van der Waals surface area contributed by atoms with Crippen molar-refractivity contribution in [3.05, 3.63) is 52.8 Å². The van der Waals surface area contributed by atoms with Crippen LogP contribution >= 0.6 is 0 Å². The van der Waals surface area contributed by atoms with Gasteiger partial charge in [0.15, 0.2) is 0 Å². The van der Waals surface area contributed by atoms with Gasteiger partial charge in [-0.1, -0.05) is 0 Å². The highest BCUT2D eigenvalue weighted by atomic mass is 19.1. The van der Waals surface area contributed by atoms with Gasteiger partial charge in [-0.15, -0.1) is 0 Å². The van der Waals surface area contributed by atoms with Crippen molar-refractivity contribution >= 4 is 5.91 Å². The fraction of sp³-hybridized carbons (Fsp3) is 0.312. The molecular weight excluding hydrogens is 285 g/mol. The fourth-order valence-corrected chi connectivity index (χ4v) is 2.54. The predicted molar refractivity (Wildman–Crippen MR) is 79.7 cm³/mol. The van der Waals surface area contributed by atoms with Gasteiger partial charge in [0.05, 0.1) is 12.0 Å². The van der Waals surface area contributed by atoms with Crippen LogP contribution in [0.3, 0.4) is 0 Å². The van der Waals surface area contributed by atoms with Gasteiger partial charge in [0.25, 0.3) is 5.56 Å². The van der Waals surface area contributed by atoms with E-state index in [4.69, 9.17) is 0 Å². The van der Waals surface area contributed by atoms with E-state index in [-0.39, 0.29) is 23.8 Å². The van der Waals surface area contributed by atoms with Gasteiger partial charge in [0.2, 0.25) is 5.91 Å². The average molecular weight is 301 g/mol. The predicted octanol–water partition coefficient (Wildman–Crippen LogP) is 1.67. The Labute approximate surface area is 127 Å². The van der Waals surface area contributed by atoms with Crippen LogP contribution in [0.15, 0.2) is 41.5 Å². The third kappa shape index (κ3) is 3.05. The average Bonchev–Trinajstić information content (AvgIpc) is 3.04.